The van der Waals surface area contributed by atoms with Crippen molar-refractivity contribution in [1.29, 1.82) is 0 Å². The number of ether oxygens (including phenoxy) is 4. The lowest BCUT2D eigenvalue weighted by Crippen LogP contribution is -2.38. The highest BCUT2D eigenvalue weighted by atomic mass is 32.2. The number of hydrogen-bond acceptors (Lipinski definition) is 9. The van der Waals surface area contributed by atoms with Gasteiger partial charge in [0, 0.05) is 39.1 Å². The van der Waals surface area contributed by atoms with Crippen LogP contribution >= 0.6 is 11.3 Å². The number of rotatable bonds is 14. The summed E-state index contributed by atoms with van der Waals surface area (Å²) >= 11 is 1.56. The van der Waals surface area contributed by atoms with Crippen LogP contribution in [0.3, 0.4) is 0 Å². The topological polar surface area (TPSA) is 124 Å². The predicted molar refractivity (Wildman–Crippen MR) is 134 cm³/mol. The number of nitrogens with zero attached hydrogens (tertiary/aromatic N) is 1. The van der Waals surface area contributed by atoms with Gasteiger partial charge in [-0.05, 0) is 52.7 Å². The number of sulfonamides is 1. The van der Waals surface area contributed by atoms with Gasteiger partial charge < -0.3 is 29.4 Å². The molecule has 0 saturated carbocycles. The Kier molecular flexibility index (Phi) is 10.7. The van der Waals surface area contributed by atoms with E-state index in [1.54, 1.807) is 36.7 Å². The van der Waals surface area contributed by atoms with Crippen molar-refractivity contribution in [2.45, 2.75) is 23.5 Å². The SMILES string of the molecule is COCCNC(=O)C1=CC(c2ccsc2)CC(OCCN(CCO)S(=O)(=O)c2ccc(OC)cc2)O1. The van der Waals surface area contributed by atoms with Gasteiger partial charge in [0.1, 0.15) is 5.75 Å². The summed E-state index contributed by atoms with van der Waals surface area (Å²) in [6.07, 6.45) is 1.50. The zero-order valence-electron chi connectivity index (χ0n) is 20.3. The molecule has 2 atom stereocenters. The summed E-state index contributed by atoms with van der Waals surface area (Å²) < 4.78 is 49.1. The fourth-order valence-corrected chi connectivity index (χ4v) is 5.78. The van der Waals surface area contributed by atoms with Crippen molar-refractivity contribution in [3.63, 3.8) is 0 Å². The molecule has 36 heavy (non-hydrogen) atoms. The van der Waals surface area contributed by atoms with E-state index >= 15 is 0 Å². The summed E-state index contributed by atoms with van der Waals surface area (Å²) in [6.45, 7) is 0.282. The summed E-state index contributed by atoms with van der Waals surface area (Å²) in [5.41, 5.74) is 1.04. The van der Waals surface area contributed by atoms with Crippen LogP contribution in [-0.2, 0) is 29.0 Å². The van der Waals surface area contributed by atoms with Crippen molar-refractivity contribution in [3.05, 3.63) is 58.5 Å². The molecule has 1 aliphatic heterocycles. The largest absolute Gasteiger partial charge is 0.497 e. The molecule has 2 N–H and O–H groups in total. The lowest BCUT2D eigenvalue weighted by Gasteiger charge is -2.29. The van der Waals surface area contributed by atoms with Gasteiger partial charge in [0.25, 0.3) is 5.91 Å². The second-order valence-electron chi connectivity index (χ2n) is 7.90. The molecule has 0 bridgehead atoms. The minimum Gasteiger partial charge on any atom is -0.497 e. The van der Waals surface area contributed by atoms with Gasteiger partial charge in [-0.3, -0.25) is 4.79 Å². The third kappa shape index (κ3) is 7.51. The molecule has 0 fully saturated rings. The Morgan fingerprint density at radius 3 is 2.61 bits per heavy atom. The van der Waals surface area contributed by atoms with Gasteiger partial charge in [0.2, 0.25) is 16.3 Å². The first-order chi connectivity index (χ1) is 17.4. The number of carbonyl (C=O) groups excluding carboxylic acids is 1. The van der Waals surface area contributed by atoms with Gasteiger partial charge in [-0.2, -0.15) is 15.6 Å². The van der Waals surface area contributed by atoms with Crippen LogP contribution in [0.5, 0.6) is 5.75 Å². The van der Waals surface area contributed by atoms with Crippen molar-refractivity contribution in [2.75, 3.05) is 53.7 Å². The fraction of sp³-hybridized carbons (Fsp3) is 0.458. The Hall–Kier alpha value is -2.48. The van der Waals surface area contributed by atoms with E-state index in [0.29, 0.717) is 25.3 Å². The number of benzene rings is 1. The Bertz CT molecular complexity index is 1090. The molecule has 2 heterocycles. The zero-order valence-corrected chi connectivity index (χ0v) is 21.9. The summed E-state index contributed by atoms with van der Waals surface area (Å²) in [6, 6.07) is 8.01. The minimum absolute atomic E-state index is 0.00299. The van der Waals surface area contributed by atoms with Crippen molar-refractivity contribution in [3.8, 4) is 5.75 Å². The maximum atomic E-state index is 13.1. The van der Waals surface area contributed by atoms with E-state index in [1.165, 1.54) is 19.2 Å². The van der Waals surface area contributed by atoms with Crippen LogP contribution in [0.2, 0.25) is 0 Å². The van der Waals surface area contributed by atoms with Gasteiger partial charge in [-0.1, -0.05) is 0 Å². The van der Waals surface area contributed by atoms with Gasteiger partial charge in [-0.25, -0.2) is 8.42 Å². The smallest absolute Gasteiger partial charge is 0.286 e. The number of aliphatic hydroxyl groups is 1. The number of aliphatic hydroxyl groups excluding tert-OH is 1. The number of amides is 1. The molecule has 198 valence electrons. The molecular formula is C24H32N2O8S2. The molecule has 2 unspecified atom stereocenters. The van der Waals surface area contributed by atoms with Gasteiger partial charge in [-0.15, -0.1) is 0 Å². The molecule has 0 saturated heterocycles. The van der Waals surface area contributed by atoms with E-state index in [-0.39, 0.29) is 48.8 Å². The van der Waals surface area contributed by atoms with Crippen LogP contribution < -0.4 is 10.1 Å². The van der Waals surface area contributed by atoms with E-state index in [9.17, 15) is 18.3 Å². The third-order valence-electron chi connectivity index (χ3n) is 5.54. The molecule has 1 amide bonds. The molecular weight excluding hydrogens is 508 g/mol. The molecule has 10 nitrogen and oxygen atoms in total. The van der Waals surface area contributed by atoms with Gasteiger partial charge in [0.05, 0.1) is 31.8 Å². The van der Waals surface area contributed by atoms with Crippen LogP contribution in [-0.4, -0.2) is 83.7 Å². The summed E-state index contributed by atoms with van der Waals surface area (Å²) in [4.78, 5) is 12.7. The van der Waals surface area contributed by atoms with E-state index in [1.807, 2.05) is 16.8 Å². The van der Waals surface area contributed by atoms with E-state index in [4.69, 9.17) is 18.9 Å². The van der Waals surface area contributed by atoms with Crippen LogP contribution in [0.1, 0.15) is 17.9 Å². The molecule has 12 heteroatoms. The molecule has 0 aliphatic carbocycles. The maximum Gasteiger partial charge on any atom is 0.286 e. The summed E-state index contributed by atoms with van der Waals surface area (Å²) in [5.74, 6) is 0.228. The Morgan fingerprint density at radius 1 is 1.19 bits per heavy atom. The van der Waals surface area contributed by atoms with E-state index in [0.717, 1.165) is 9.87 Å². The standard InChI is InChI=1S/C24H32N2O8S2/c1-31-12-8-25-24(28)22-15-19(18-7-14-35-17-18)16-23(34-22)33-13-10-26(9-11-27)36(29,30)21-5-3-20(32-2)4-6-21/h3-7,14-15,17,19,23,27H,8-13,16H2,1-2H3,(H,25,28). The molecule has 1 aliphatic rings. The first kappa shape index (κ1) is 28.1. The van der Waals surface area contributed by atoms with Crippen LogP contribution in [0.4, 0.5) is 0 Å². The zero-order chi connectivity index (χ0) is 26.0. The number of methoxy groups -OCH3 is 2. The Morgan fingerprint density at radius 2 is 1.97 bits per heavy atom. The highest BCUT2D eigenvalue weighted by molar-refractivity contribution is 7.89. The van der Waals surface area contributed by atoms with Crippen LogP contribution in [0.15, 0.2) is 57.8 Å². The third-order valence-corrected chi connectivity index (χ3v) is 8.15. The molecule has 3 rings (SSSR count). The molecule has 2 aromatic rings. The lowest BCUT2D eigenvalue weighted by molar-refractivity contribution is -0.146. The highest BCUT2D eigenvalue weighted by Crippen LogP contribution is 2.32. The number of hydrogen-bond donors (Lipinski definition) is 2. The van der Waals surface area contributed by atoms with Crippen LogP contribution in [0.25, 0.3) is 0 Å². The number of allylic oxidation sites excluding steroid dienone is 1. The monoisotopic (exact) mass is 540 g/mol. The Labute approximate surface area is 215 Å². The molecule has 0 radical (unpaired) electrons. The average Bonchev–Trinajstić information content (AvgIpc) is 3.43. The second kappa shape index (κ2) is 13.7. The van der Waals surface area contributed by atoms with E-state index < -0.39 is 16.3 Å². The first-order valence-electron chi connectivity index (χ1n) is 11.4. The summed E-state index contributed by atoms with van der Waals surface area (Å²) in [5, 5.41) is 16.2. The normalized spacial score (nSPS) is 17.9. The Balaban J connectivity index is 1.66. The molecule has 0 spiro atoms. The van der Waals surface area contributed by atoms with Crippen molar-refractivity contribution in [1.82, 2.24) is 9.62 Å². The van der Waals surface area contributed by atoms with Gasteiger partial charge in [0.15, 0.2) is 5.76 Å². The van der Waals surface area contributed by atoms with Crippen molar-refractivity contribution >= 4 is 27.3 Å². The number of nitrogens with one attached hydrogen (secondary N) is 1. The maximum absolute atomic E-state index is 13.1. The quantitative estimate of drug-likeness (QED) is 0.349. The molecule has 1 aromatic carbocycles. The predicted octanol–water partition coefficient (Wildman–Crippen LogP) is 1.93. The fourth-order valence-electron chi connectivity index (χ4n) is 3.64. The minimum atomic E-state index is -3.86. The number of thiophene rings is 1. The number of carbonyl (C=O) groups is 1. The first-order valence-corrected chi connectivity index (χ1v) is 13.8. The van der Waals surface area contributed by atoms with Crippen molar-refractivity contribution < 1.29 is 37.3 Å². The lowest BCUT2D eigenvalue weighted by atomic mass is 9.95. The van der Waals surface area contributed by atoms with E-state index in [2.05, 4.69) is 5.32 Å². The van der Waals surface area contributed by atoms with Gasteiger partial charge >= 0.3 is 0 Å². The highest BCUT2D eigenvalue weighted by Gasteiger charge is 2.30. The van der Waals surface area contributed by atoms with Crippen LogP contribution in [0, 0.1) is 0 Å². The summed E-state index contributed by atoms with van der Waals surface area (Å²) in [7, 11) is -0.815. The average molecular weight is 541 g/mol. The second-order valence-corrected chi connectivity index (χ2v) is 10.6. The van der Waals surface area contributed by atoms with Crippen molar-refractivity contribution in [2.24, 2.45) is 0 Å². The molecule has 1 aromatic heterocycles.